The zero-order chi connectivity index (χ0) is 15.3. The maximum absolute atomic E-state index is 6.34. The fraction of sp³-hybridized carbons (Fsp3) is 0.667. The number of ether oxygens (including phenoxy) is 2. The molecule has 2 unspecified atom stereocenters. The van der Waals surface area contributed by atoms with Gasteiger partial charge in [-0.2, -0.15) is 0 Å². The molecule has 2 rings (SSSR count). The molecule has 0 spiro atoms. The minimum Gasteiger partial charge on any atom is -0.493 e. The van der Waals surface area contributed by atoms with E-state index < -0.39 is 0 Å². The fourth-order valence-electron chi connectivity index (χ4n) is 3.09. The summed E-state index contributed by atoms with van der Waals surface area (Å²) in [5, 5.41) is 3.65. The number of nitrogens with one attached hydrogen (secondary N) is 1. The number of rotatable bonds is 6. The molecule has 21 heavy (non-hydrogen) atoms. The van der Waals surface area contributed by atoms with Gasteiger partial charge in [-0.25, -0.2) is 0 Å². The minimum atomic E-state index is 0.205. The molecule has 1 fully saturated rings. The molecule has 3 heteroatoms. The topological polar surface area (TPSA) is 30.5 Å². The molecule has 0 heterocycles. The summed E-state index contributed by atoms with van der Waals surface area (Å²) in [7, 11) is 1.69. The molecule has 1 aliphatic rings. The molecule has 0 radical (unpaired) electrons. The average molecular weight is 291 g/mol. The molecule has 0 aromatic heterocycles. The second-order valence-electron chi connectivity index (χ2n) is 6.77. The molecule has 1 aromatic rings. The van der Waals surface area contributed by atoms with E-state index in [2.05, 4.69) is 26.1 Å². The predicted molar refractivity (Wildman–Crippen MR) is 87.1 cm³/mol. The normalized spacial score (nSPS) is 24.6. The second kappa shape index (κ2) is 7.17. The van der Waals surface area contributed by atoms with E-state index in [4.69, 9.17) is 9.47 Å². The van der Waals surface area contributed by atoms with Crippen LogP contribution in [0.1, 0.15) is 46.5 Å². The SMILES string of the molecule is CCCNC1CCC(C)(C)CC1Oc1ccccc1OC. The van der Waals surface area contributed by atoms with Crippen LogP contribution in [0.4, 0.5) is 0 Å². The monoisotopic (exact) mass is 291 g/mol. The number of hydrogen-bond acceptors (Lipinski definition) is 3. The Morgan fingerprint density at radius 1 is 1.24 bits per heavy atom. The first kappa shape index (κ1) is 16.2. The summed E-state index contributed by atoms with van der Waals surface area (Å²) in [6, 6.07) is 8.36. The Morgan fingerprint density at radius 2 is 1.95 bits per heavy atom. The maximum Gasteiger partial charge on any atom is 0.161 e. The lowest BCUT2D eigenvalue weighted by Gasteiger charge is -2.41. The Balaban J connectivity index is 2.11. The van der Waals surface area contributed by atoms with E-state index in [1.807, 2.05) is 24.3 Å². The Bertz CT molecular complexity index is 445. The largest absolute Gasteiger partial charge is 0.493 e. The fourth-order valence-corrected chi connectivity index (χ4v) is 3.09. The third-order valence-electron chi connectivity index (χ3n) is 4.34. The molecule has 1 saturated carbocycles. The molecule has 1 aromatic carbocycles. The predicted octanol–water partition coefficient (Wildman–Crippen LogP) is 4.02. The zero-order valence-electron chi connectivity index (χ0n) is 13.8. The molecule has 1 aliphatic carbocycles. The lowest BCUT2D eigenvalue weighted by molar-refractivity contribution is 0.0512. The highest BCUT2D eigenvalue weighted by atomic mass is 16.5. The van der Waals surface area contributed by atoms with Crippen molar-refractivity contribution in [2.75, 3.05) is 13.7 Å². The van der Waals surface area contributed by atoms with Crippen LogP contribution >= 0.6 is 0 Å². The summed E-state index contributed by atoms with van der Waals surface area (Å²) in [6.45, 7) is 7.93. The smallest absolute Gasteiger partial charge is 0.161 e. The highest BCUT2D eigenvalue weighted by Gasteiger charge is 2.36. The van der Waals surface area contributed by atoms with Gasteiger partial charge in [0, 0.05) is 6.04 Å². The van der Waals surface area contributed by atoms with Crippen molar-refractivity contribution in [2.45, 2.75) is 58.6 Å². The molecule has 0 saturated heterocycles. The molecule has 0 aliphatic heterocycles. The van der Waals surface area contributed by atoms with Gasteiger partial charge < -0.3 is 14.8 Å². The van der Waals surface area contributed by atoms with Gasteiger partial charge in [-0.05, 0) is 49.8 Å². The molecular weight excluding hydrogens is 262 g/mol. The van der Waals surface area contributed by atoms with Gasteiger partial charge in [0.1, 0.15) is 6.10 Å². The van der Waals surface area contributed by atoms with Crippen LogP contribution < -0.4 is 14.8 Å². The summed E-state index contributed by atoms with van der Waals surface area (Å²) >= 11 is 0. The summed E-state index contributed by atoms with van der Waals surface area (Å²) in [5.41, 5.74) is 0.344. The van der Waals surface area contributed by atoms with Crippen molar-refractivity contribution in [3.63, 3.8) is 0 Å². The first-order chi connectivity index (χ1) is 10.1. The lowest BCUT2D eigenvalue weighted by atomic mass is 9.74. The van der Waals surface area contributed by atoms with Crippen LogP contribution in [0.5, 0.6) is 11.5 Å². The Hall–Kier alpha value is -1.22. The van der Waals surface area contributed by atoms with Crippen molar-refractivity contribution in [1.29, 1.82) is 0 Å². The first-order valence-electron chi connectivity index (χ1n) is 8.09. The summed E-state index contributed by atoms with van der Waals surface area (Å²) in [5.74, 6) is 1.67. The van der Waals surface area contributed by atoms with Crippen molar-refractivity contribution in [3.8, 4) is 11.5 Å². The van der Waals surface area contributed by atoms with Crippen molar-refractivity contribution in [2.24, 2.45) is 5.41 Å². The van der Waals surface area contributed by atoms with E-state index in [0.717, 1.165) is 30.9 Å². The highest BCUT2D eigenvalue weighted by Crippen LogP contribution is 2.38. The van der Waals surface area contributed by atoms with Gasteiger partial charge in [-0.3, -0.25) is 0 Å². The summed E-state index contributed by atoms with van der Waals surface area (Å²) in [6.07, 6.45) is 4.86. The van der Waals surface area contributed by atoms with Crippen LogP contribution in [0.25, 0.3) is 0 Å². The molecule has 2 atom stereocenters. The second-order valence-corrected chi connectivity index (χ2v) is 6.77. The van der Waals surface area contributed by atoms with Gasteiger partial charge in [0.05, 0.1) is 7.11 Å². The van der Waals surface area contributed by atoms with Crippen LogP contribution in [-0.4, -0.2) is 25.8 Å². The number of hydrogen-bond donors (Lipinski definition) is 1. The third kappa shape index (κ3) is 4.37. The van der Waals surface area contributed by atoms with Crippen molar-refractivity contribution >= 4 is 0 Å². The molecule has 0 bridgehead atoms. The lowest BCUT2D eigenvalue weighted by Crippen LogP contribution is -2.49. The summed E-state index contributed by atoms with van der Waals surface area (Å²) < 4.78 is 11.7. The third-order valence-corrected chi connectivity index (χ3v) is 4.34. The zero-order valence-corrected chi connectivity index (χ0v) is 13.8. The Morgan fingerprint density at radius 3 is 2.62 bits per heavy atom. The van der Waals surface area contributed by atoms with E-state index in [0.29, 0.717) is 11.5 Å². The van der Waals surface area contributed by atoms with E-state index in [-0.39, 0.29) is 6.10 Å². The average Bonchev–Trinajstić information content (AvgIpc) is 2.46. The maximum atomic E-state index is 6.34. The van der Waals surface area contributed by atoms with Crippen molar-refractivity contribution in [1.82, 2.24) is 5.32 Å². The Labute approximate surface area is 129 Å². The van der Waals surface area contributed by atoms with Gasteiger partial charge in [0.2, 0.25) is 0 Å². The minimum absolute atomic E-state index is 0.205. The van der Waals surface area contributed by atoms with Gasteiger partial charge in [0.25, 0.3) is 0 Å². The molecule has 0 amide bonds. The van der Waals surface area contributed by atoms with Crippen LogP contribution in [0.15, 0.2) is 24.3 Å². The highest BCUT2D eigenvalue weighted by molar-refractivity contribution is 5.39. The molecule has 1 N–H and O–H groups in total. The van der Waals surface area contributed by atoms with E-state index in [1.165, 1.54) is 12.8 Å². The van der Waals surface area contributed by atoms with Gasteiger partial charge >= 0.3 is 0 Å². The molecule has 3 nitrogen and oxygen atoms in total. The van der Waals surface area contributed by atoms with Gasteiger partial charge in [0.15, 0.2) is 11.5 Å². The standard InChI is InChI=1S/C18H29NO2/c1-5-12-19-14-10-11-18(2,3)13-17(14)21-16-9-7-6-8-15(16)20-4/h6-9,14,17,19H,5,10-13H2,1-4H3. The van der Waals surface area contributed by atoms with Crippen molar-refractivity contribution < 1.29 is 9.47 Å². The van der Waals surface area contributed by atoms with Crippen LogP contribution in [-0.2, 0) is 0 Å². The Kier molecular flexibility index (Phi) is 5.51. The molecular formula is C18H29NO2. The summed E-state index contributed by atoms with van der Waals surface area (Å²) in [4.78, 5) is 0. The van der Waals surface area contributed by atoms with Crippen LogP contribution in [0.2, 0.25) is 0 Å². The number of benzene rings is 1. The quantitative estimate of drug-likeness (QED) is 0.858. The molecule has 118 valence electrons. The van der Waals surface area contributed by atoms with E-state index >= 15 is 0 Å². The number of methoxy groups -OCH3 is 1. The van der Waals surface area contributed by atoms with Crippen LogP contribution in [0, 0.1) is 5.41 Å². The van der Waals surface area contributed by atoms with E-state index in [9.17, 15) is 0 Å². The number of para-hydroxylation sites is 2. The van der Waals surface area contributed by atoms with Gasteiger partial charge in [-0.15, -0.1) is 0 Å². The van der Waals surface area contributed by atoms with E-state index in [1.54, 1.807) is 7.11 Å². The first-order valence-corrected chi connectivity index (χ1v) is 8.09. The van der Waals surface area contributed by atoms with Crippen LogP contribution in [0.3, 0.4) is 0 Å². The van der Waals surface area contributed by atoms with Gasteiger partial charge in [-0.1, -0.05) is 32.9 Å². The van der Waals surface area contributed by atoms with Crippen molar-refractivity contribution in [3.05, 3.63) is 24.3 Å².